The number of thiocarbonyl (C=S) groups is 1. The quantitative estimate of drug-likeness (QED) is 0.658. The third-order valence-electron chi connectivity index (χ3n) is 4.99. The molecule has 0 aliphatic heterocycles. The summed E-state index contributed by atoms with van der Waals surface area (Å²) in [6.45, 7) is 2.87. The van der Waals surface area contributed by atoms with Crippen molar-refractivity contribution in [1.82, 2.24) is 10.3 Å². The van der Waals surface area contributed by atoms with Crippen LogP contribution in [0.25, 0.3) is 0 Å². The van der Waals surface area contributed by atoms with E-state index in [0.717, 1.165) is 22.4 Å². The highest BCUT2D eigenvalue weighted by Gasteiger charge is 2.33. The Balaban J connectivity index is 1.68. The normalized spacial score (nSPS) is 16.2. The highest BCUT2D eigenvalue weighted by molar-refractivity contribution is 9.10. The van der Waals surface area contributed by atoms with E-state index in [1.807, 2.05) is 19.2 Å². The molecule has 1 aromatic heterocycles. The van der Waals surface area contributed by atoms with Crippen molar-refractivity contribution in [3.63, 3.8) is 0 Å². The van der Waals surface area contributed by atoms with Crippen molar-refractivity contribution in [1.29, 1.82) is 0 Å². The molecule has 1 heterocycles. The summed E-state index contributed by atoms with van der Waals surface area (Å²) in [4.78, 5) is 4.40. The molecule has 25 heavy (non-hydrogen) atoms. The molecule has 3 nitrogen and oxygen atoms in total. The van der Waals surface area contributed by atoms with E-state index in [1.54, 1.807) is 0 Å². The van der Waals surface area contributed by atoms with Gasteiger partial charge >= 0.3 is 0 Å². The second-order valence-electron chi connectivity index (χ2n) is 6.86. The Hall–Kier alpha value is -1.46. The summed E-state index contributed by atoms with van der Waals surface area (Å²) in [6, 6.07) is 12.9. The van der Waals surface area contributed by atoms with E-state index in [1.165, 1.54) is 37.7 Å². The standard InChI is InChI=1S/C20H24BrN3S/c1-15-12-17(21)18(22-13-15)24-19(25)23-14-20(10-6-3-7-11-20)16-8-4-2-5-9-16/h2,4-5,8-9,12-13H,3,6-7,10-11,14H2,1H3,(H2,22,23,24,25). The molecule has 1 aliphatic carbocycles. The fraction of sp³-hybridized carbons (Fsp3) is 0.400. The Labute approximate surface area is 163 Å². The number of hydrogen-bond acceptors (Lipinski definition) is 2. The number of hydrogen-bond donors (Lipinski definition) is 2. The molecule has 0 bridgehead atoms. The molecule has 0 unspecified atom stereocenters. The predicted octanol–water partition coefficient (Wildman–Crippen LogP) is 5.34. The largest absolute Gasteiger partial charge is 0.362 e. The molecule has 0 saturated heterocycles. The van der Waals surface area contributed by atoms with Crippen LogP contribution in [0.5, 0.6) is 0 Å². The number of nitrogens with one attached hydrogen (secondary N) is 2. The van der Waals surface area contributed by atoms with E-state index in [9.17, 15) is 0 Å². The summed E-state index contributed by atoms with van der Waals surface area (Å²) in [5.41, 5.74) is 2.70. The van der Waals surface area contributed by atoms with E-state index >= 15 is 0 Å². The van der Waals surface area contributed by atoms with Gasteiger partial charge in [0.2, 0.25) is 0 Å². The monoisotopic (exact) mass is 417 g/mol. The maximum atomic E-state index is 5.51. The first kappa shape index (κ1) is 18.3. The minimum Gasteiger partial charge on any atom is -0.362 e. The zero-order chi connectivity index (χ0) is 17.7. The van der Waals surface area contributed by atoms with E-state index in [-0.39, 0.29) is 5.41 Å². The molecular formula is C20H24BrN3S. The lowest BCUT2D eigenvalue weighted by Crippen LogP contribution is -2.43. The first-order chi connectivity index (χ1) is 12.1. The van der Waals surface area contributed by atoms with Gasteiger partial charge < -0.3 is 10.6 Å². The van der Waals surface area contributed by atoms with Crippen LogP contribution in [-0.4, -0.2) is 16.6 Å². The Bertz CT molecular complexity index is 727. The smallest absolute Gasteiger partial charge is 0.172 e. The number of anilines is 1. The topological polar surface area (TPSA) is 37.0 Å². The van der Waals surface area contributed by atoms with Crippen LogP contribution < -0.4 is 10.6 Å². The summed E-state index contributed by atoms with van der Waals surface area (Å²) >= 11 is 9.05. The van der Waals surface area contributed by atoms with Crippen LogP contribution in [0.3, 0.4) is 0 Å². The Morgan fingerprint density at radius 3 is 2.60 bits per heavy atom. The van der Waals surface area contributed by atoms with Crippen LogP contribution in [-0.2, 0) is 5.41 Å². The average Bonchev–Trinajstić information content (AvgIpc) is 2.64. The summed E-state index contributed by atoms with van der Waals surface area (Å²) < 4.78 is 0.923. The van der Waals surface area contributed by atoms with Crippen LogP contribution in [0.1, 0.15) is 43.2 Å². The predicted molar refractivity (Wildman–Crippen MR) is 112 cm³/mol. The summed E-state index contributed by atoms with van der Waals surface area (Å²) in [5.74, 6) is 0.750. The number of halogens is 1. The van der Waals surface area contributed by atoms with Crippen LogP contribution in [0.15, 0.2) is 47.1 Å². The van der Waals surface area contributed by atoms with E-state index in [0.29, 0.717) is 5.11 Å². The third kappa shape index (κ3) is 4.59. The van der Waals surface area contributed by atoms with Gasteiger partial charge in [0.15, 0.2) is 5.11 Å². The molecule has 1 fully saturated rings. The summed E-state index contributed by atoms with van der Waals surface area (Å²) in [6.07, 6.45) is 8.14. The first-order valence-electron chi connectivity index (χ1n) is 8.82. The van der Waals surface area contributed by atoms with Crippen molar-refractivity contribution in [2.75, 3.05) is 11.9 Å². The van der Waals surface area contributed by atoms with Crippen LogP contribution in [0.2, 0.25) is 0 Å². The summed E-state index contributed by atoms with van der Waals surface area (Å²) in [7, 11) is 0. The molecule has 1 aliphatic rings. The van der Waals surface area contributed by atoms with Crippen LogP contribution in [0.4, 0.5) is 5.82 Å². The van der Waals surface area contributed by atoms with Crippen molar-refractivity contribution in [3.8, 4) is 0 Å². The third-order valence-corrected chi connectivity index (χ3v) is 5.84. The molecule has 1 saturated carbocycles. The second kappa shape index (κ2) is 8.28. The summed E-state index contributed by atoms with van der Waals surface area (Å²) in [5, 5.41) is 7.27. The van der Waals surface area contributed by atoms with Crippen molar-refractivity contribution in [2.24, 2.45) is 0 Å². The van der Waals surface area contributed by atoms with Crippen LogP contribution in [0, 0.1) is 6.92 Å². The zero-order valence-corrected chi connectivity index (χ0v) is 16.9. The first-order valence-corrected chi connectivity index (χ1v) is 10.0. The SMILES string of the molecule is Cc1cnc(NC(=S)NCC2(c3ccccc3)CCCCC2)c(Br)c1. The molecule has 2 aromatic rings. The number of nitrogens with zero attached hydrogens (tertiary/aromatic N) is 1. The second-order valence-corrected chi connectivity index (χ2v) is 8.12. The van der Waals surface area contributed by atoms with Gasteiger partial charge in [-0.25, -0.2) is 4.98 Å². The van der Waals surface area contributed by atoms with Gasteiger partial charge in [0.05, 0.1) is 4.47 Å². The minimum absolute atomic E-state index is 0.170. The average molecular weight is 418 g/mol. The minimum atomic E-state index is 0.170. The molecule has 0 atom stereocenters. The van der Waals surface area contributed by atoms with E-state index in [4.69, 9.17) is 12.2 Å². The number of aromatic nitrogens is 1. The highest BCUT2D eigenvalue weighted by Crippen LogP contribution is 2.38. The fourth-order valence-electron chi connectivity index (χ4n) is 3.61. The van der Waals surface area contributed by atoms with Crippen molar-refractivity contribution < 1.29 is 0 Å². The van der Waals surface area contributed by atoms with Gasteiger partial charge in [-0.15, -0.1) is 0 Å². The molecule has 0 radical (unpaired) electrons. The Kier molecular flexibility index (Phi) is 6.07. The van der Waals surface area contributed by atoms with Gasteiger partial charge in [0.25, 0.3) is 0 Å². The fourth-order valence-corrected chi connectivity index (χ4v) is 4.35. The van der Waals surface area contributed by atoms with Gasteiger partial charge in [-0.2, -0.15) is 0 Å². The zero-order valence-electron chi connectivity index (χ0n) is 14.5. The number of benzene rings is 1. The number of pyridine rings is 1. The maximum absolute atomic E-state index is 5.51. The lowest BCUT2D eigenvalue weighted by Gasteiger charge is -2.38. The number of aryl methyl sites for hydroxylation is 1. The lowest BCUT2D eigenvalue weighted by atomic mass is 9.69. The van der Waals surface area contributed by atoms with E-state index in [2.05, 4.69) is 61.9 Å². The Morgan fingerprint density at radius 2 is 1.92 bits per heavy atom. The molecule has 3 rings (SSSR count). The molecule has 0 amide bonds. The van der Waals surface area contributed by atoms with Gasteiger partial charge in [0, 0.05) is 18.2 Å². The molecule has 5 heteroatoms. The Morgan fingerprint density at radius 1 is 1.20 bits per heavy atom. The number of rotatable bonds is 4. The van der Waals surface area contributed by atoms with Gasteiger partial charge in [-0.05, 0) is 65.1 Å². The van der Waals surface area contributed by atoms with Gasteiger partial charge in [0.1, 0.15) is 5.82 Å². The van der Waals surface area contributed by atoms with Gasteiger partial charge in [-0.3, -0.25) is 0 Å². The van der Waals surface area contributed by atoms with E-state index < -0.39 is 0 Å². The molecule has 2 N–H and O–H groups in total. The van der Waals surface area contributed by atoms with Crippen molar-refractivity contribution in [2.45, 2.75) is 44.4 Å². The van der Waals surface area contributed by atoms with Gasteiger partial charge in [-0.1, -0.05) is 49.6 Å². The molecule has 0 spiro atoms. The van der Waals surface area contributed by atoms with Crippen molar-refractivity contribution >= 4 is 39.1 Å². The lowest BCUT2D eigenvalue weighted by molar-refractivity contribution is 0.292. The molecule has 132 valence electrons. The van der Waals surface area contributed by atoms with Crippen molar-refractivity contribution in [3.05, 3.63) is 58.2 Å². The maximum Gasteiger partial charge on any atom is 0.172 e. The molecule has 1 aromatic carbocycles. The van der Waals surface area contributed by atoms with Crippen LogP contribution >= 0.6 is 28.1 Å². The molecular weight excluding hydrogens is 394 g/mol. The highest BCUT2D eigenvalue weighted by atomic mass is 79.9.